The summed E-state index contributed by atoms with van der Waals surface area (Å²) >= 11 is 0. The minimum Gasteiger partial charge on any atom is -0.465 e. The van der Waals surface area contributed by atoms with Crippen molar-refractivity contribution in [2.45, 2.75) is 31.5 Å². The number of piperazine rings is 1. The molecule has 5 nitrogen and oxygen atoms in total. The summed E-state index contributed by atoms with van der Waals surface area (Å²) in [6.07, 6.45) is 4.17. The fourth-order valence-electron chi connectivity index (χ4n) is 3.00. The summed E-state index contributed by atoms with van der Waals surface area (Å²) in [5.41, 5.74) is 1.51. The Labute approximate surface area is 137 Å². The molecule has 0 amide bonds. The second kappa shape index (κ2) is 7.94. The van der Waals surface area contributed by atoms with Crippen LogP contribution in [-0.4, -0.2) is 48.1 Å². The van der Waals surface area contributed by atoms with Gasteiger partial charge in [0, 0.05) is 37.9 Å². The maximum absolute atomic E-state index is 11.3. The Morgan fingerprint density at radius 1 is 1.33 bits per heavy atom. The molecule has 2 saturated heterocycles. The highest BCUT2D eigenvalue weighted by Crippen LogP contribution is 2.21. The molecular formula is C14H21Cl2N3O2. The normalized spacial score (nSPS) is 23.9. The molecule has 7 heteroatoms. The lowest BCUT2D eigenvalue weighted by Crippen LogP contribution is -2.50. The zero-order valence-corrected chi connectivity index (χ0v) is 13.6. The molecule has 2 fully saturated rings. The zero-order valence-electron chi connectivity index (χ0n) is 11.9. The summed E-state index contributed by atoms with van der Waals surface area (Å²) in [4.78, 5) is 18.1. The van der Waals surface area contributed by atoms with Gasteiger partial charge in [0.15, 0.2) is 0 Å². The summed E-state index contributed by atoms with van der Waals surface area (Å²) in [6.45, 7) is 3.05. The lowest BCUT2D eigenvalue weighted by molar-refractivity contribution is 0.0600. The van der Waals surface area contributed by atoms with Crippen molar-refractivity contribution in [2.75, 3.05) is 20.2 Å². The smallest absolute Gasteiger partial charge is 0.339 e. The number of hydrogen-bond donors (Lipinski definition) is 1. The first-order valence-corrected chi connectivity index (χ1v) is 6.76. The first-order valence-electron chi connectivity index (χ1n) is 6.76. The molecule has 1 aromatic heterocycles. The second-order valence-electron chi connectivity index (χ2n) is 5.36. The molecule has 2 unspecified atom stereocenters. The van der Waals surface area contributed by atoms with E-state index < -0.39 is 0 Å². The maximum atomic E-state index is 11.3. The Kier molecular flexibility index (Phi) is 6.87. The lowest BCUT2D eigenvalue weighted by Gasteiger charge is -2.32. The first kappa shape index (κ1) is 18.2. The van der Waals surface area contributed by atoms with Crippen molar-refractivity contribution in [3.8, 4) is 0 Å². The Balaban J connectivity index is 0.00000110. The molecule has 2 bridgehead atoms. The molecule has 0 saturated carbocycles. The van der Waals surface area contributed by atoms with Gasteiger partial charge in [-0.2, -0.15) is 0 Å². The molecule has 1 aromatic rings. The van der Waals surface area contributed by atoms with Crippen LogP contribution in [0, 0.1) is 0 Å². The Morgan fingerprint density at radius 3 is 2.52 bits per heavy atom. The van der Waals surface area contributed by atoms with Crippen LogP contribution in [0.1, 0.15) is 28.9 Å². The highest BCUT2D eigenvalue weighted by atomic mass is 35.5. The SMILES string of the molecule is COC(=O)c1ccc(CN2CC3CCC(C2)N3)nc1.Cl.Cl. The summed E-state index contributed by atoms with van der Waals surface area (Å²) in [7, 11) is 1.38. The largest absolute Gasteiger partial charge is 0.465 e. The van der Waals surface area contributed by atoms with Gasteiger partial charge in [-0.3, -0.25) is 9.88 Å². The van der Waals surface area contributed by atoms with Crippen molar-refractivity contribution >= 4 is 30.8 Å². The van der Waals surface area contributed by atoms with Gasteiger partial charge >= 0.3 is 5.97 Å². The minimum atomic E-state index is -0.334. The topological polar surface area (TPSA) is 54.5 Å². The van der Waals surface area contributed by atoms with E-state index >= 15 is 0 Å². The lowest BCUT2D eigenvalue weighted by atomic mass is 10.2. The number of aromatic nitrogens is 1. The van der Waals surface area contributed by atoms with Crippen molar-refractivity contribution in [2.24, 2.45) is 0 Å². The van der Waals surface area contributed by atoms with Gasteiger partial charge in [0.25, 0.3) is 0 Å². The van der Waals surface area contributed by atoms with Crippen LogP contribution >= 0.6 is 24.8 Å². The molecule has 1 N–H and O–H groups in total. The average Bonchev–Trinajstić information content (AvgIpc) is 2.78. The molecule has 2 aliphatic heterocycles. The van der Waals surface area contributed by atoms with Crippen LogP contribution in [0.5, 0.6) is 0 Å². The highest BCUT2D eigenvalue weighted by Gasteiger charge is 2.31. The van der Waals surface area contributed by atoms with E-state index in [-0.39, 0.29) is 30.8 Å². The number of rotatable bonds is 3. The van der Waals surface area contributed by atoms with Crippen LogP contribution in [-0.2, 0) is 11.3 Å². The predicted octanol–water partition coefficient (Wildman–Crippen LogP) is 1.65. The van der Waals surface area contributed by atoms with Gasteiger partial charge in [-0.15, -0.1) is 24.8 Å². The Hall–Kier alpha value is -0.880. The van der Waals surface area contributed by atoms with Crippen LogP contribution in [0.3, 0.4) is 0 Å². The number of likely N-dealkylation sites (tertiary alicyclic amines) is 1. The van der Waals surface area contributed by atoms with E-state index in [1.807, 2.05) is 6.07 Å². The van der Waals surface area contributed by atoms with E-state index in [9.17, 15) is 4.79 Å². The van der Waals surface area contributed by atoms with E-state index in [1.165, 1.54) is 20.0 Å². The van der Waals surface area contributed by atoms with E-state index in [0.717, 1.165) is 25.3 Å². The van der Waals surface area contributed by atoms with Gasteiger partial charge in [0.1, 0.15) is 0 Å². The Morgan fingerprint density at radius 2 is 2.00 bits per heavy atom. The average molecular weight is 334 g/mol. The molecule has 0 radical (unpaired) electrons. The number of esters is 1. The zero-order chi connectivity index (χ0) is 13.2. The van der Waals surface area contributed by atoms with Crippen LogP contribution in [0.4, 0.5) is 0 Å². The summed E-state index contributed by atoms with van der Waals surface area (Å²) in [6, 6.07) is 4.99. The third-order valence-electron chi connectivity index (χ3n) is 3.92. The fourth-order valence-corrected chi connectivity index (χ4v) is 3.00. The monoisotopic (exact) mass is 333 g/mol. The van der Waals surface area contributed by atoms with Crippen LogP contribution in [0.2, 0.25) is 0 Å². The molecule has 0 aromatic carbocycles. The first-order chi connectivity index (χ1) is 9.24. The van der Waals surface area contributed by atoms with Gasteiger partial charge < -0.3 is 10.1 Å². The summed E-state index contributed by atoms with van der Waals surface area (Å²) < 4.78 is 4.66. The number of hydrogen-bond acceptors (Lipinski definition) is 5. The van der Waals surface area contributed by atoms with Crippen molar-refractivity contribution in [3.63, 3.8) is 0 Å². The number of nitrogens with zero attached hydrogens (tertiary/aromatic N) is 2. The van der Waals surface area contributed by atoms with Gasteiger partial charge in [-0.05, 0) is 25.0 Å². The van der Waals surface area contributed by atoms with Gasteiger partial charge in [0.2, 0.25) is 0 Å². The fraction of sp³-hybridized carbons (Fsp3) is 0.571. The second-order valence-corrected chi connectivity index (χ2v) is 5.36. The van der Waals surface area contributed by atoms with Crippen LogP contribution < -0.4 is 5.32 Å². The molecule has 3 heterocycles. The van der Waals surface area contributed by atoms with E-state index in [0.29, 0.717) is 17.6 Å². The van der Waals surface area contributed by atoms with Crippen molar-refractivity contribution in [1.82, 2.24) is 15.2 Å². The van der Waals surface area contributed by atoms with Gasteiger partial charge in [-0.25, -0.2) is 4.79 Å². The van der Waals surface area contributed by atoms with Crippen LogP contribution in [0.15, 0.2) is 18.3 Å². The van der Waals surface area contributed by atoms with Gasteiger partial charge in [-0.1, -0.05) is 0 Å². The third kappa shape index (κ3) is 4.30. The third-order valence-corrected chi connectivity index (χ3v) is 3.92. The number of halogens is 2. The quantitative estimate of drug-likeness (QED) is 0.852. The number of fused-ring (bicyclic) bond motifs is 2. The summed E-state index contributed by atoms with van der Waals surface area (Å²) in [5, 5.41) is 3.61. The molecule has 118 valence electrons. The number of ether oxygens (including phenoxy) is 1. The molecule has 21 heavy (non-hydrogen) atoms. The number of nitrogens with one attached hydrogen (secondary N) is 1. The predicted molar refractivity (Wildman–Crippen MR) is 85.3 cm³/mol. The number of pyridine rings is 1. The molecule has 2 aliphatic rings. The molecular weight excluding hydrogens is 313 g/mol. The molecule has 3 rings (SSSR count). The standard InChI is InChI=1S/C14H19N3O2.2ClH/c1-19-14(18)10-2-3-11(15-6-10)7-17-8-12-4-5-13(9-17)16-12;;/h2-3,6,12-13,16H,4-5,7-9H2,1H3;2*1H. The van der Waals surface area contributed by atoms with Crippen molar-refractivity contribution in [3.05, 3.63) is 29.6 Å². The highest BCUT2D eigenvalue weighted by molar-refractivity contribution is 5.88. The number of methoxy groups -OCH3 is 1. The number of carbonyl (C=O) groups is 1. The molecule has 0 aliphatic carbocycles. The maximum Gasteiger partial charge on any atom is 0.339 e. The van der Waals surface area contributed by atoms with Crippen molar-refractivity contribution in [1.29, 1.82) is 0 Å². The molecule has 2 atom stereocenters. The van der Waals surface area contributed by atoms with Gasteiger partial charge in [0.05, 0.1) is 18.4 Å². The Bertz CT molecular complexity index is 458. The van der Waals surface area contributed by atoms with E-state index in [2.05, 4.69) is 19.9 Å². The van der Waals surface area contributed by atoms with Crippen LogP contribution in [0.25, 0.3) is 0 Å². The minimum absolute atomic E-state index is 0. The van der Waals surface area contributed by atoms with E-state index in [1.54, 1.807) is 12.3 Å². The molecule has 0 spiro atoms. The van der Waals surface area contributed by atoms with E-state index in [4.69, 9.17) is 0 Å². The number of carbonyl (C=O) groups excluding carboxylic acids is 1. The summed E-state index contributed by atoms with van der Waals surface area (Å²) in [5.74, 6) is -0.334. The van der Waals surface area contributed by atoms with Crippen molar-refractivity contribution < 1.29 is 9.53 Å².